The fourth-order valence-corrected chi connectivity index (χ4v) is 3.42. The summed E-state index contributed by atoms with van der Waals surface area (Å²) in [6, 6.07) is 13.8. The fraction of sp³-hybridized carbons (Fsp3) is 0.0952. The predicted octanol–water partition coefficient (Wildman–Crippen LogP) is 4.83. The van der Waals surface area contributed by atoms with Crippen molar-refractivity contribution in [3.05, 3.63) is 77.9 Å². The maximum atomic E-state index is 13.1. The van der Waals surface area contributed by atoms with Crippen LogP contribution in [0, 0.1) is 0 Å². The van der Waals surface area contributed by atoms with Gasteiger partial charge in [0.25, 0.3) is 5.91 Å². The first-order valence-electron chi connectivity index (χ1n) is 9.24. The van der Waals surface area contributed by atoms with E-state index in [-0.39, 0.29) is 23.7 Å². The number of aromatic nitrogens is 4. The number of rotatable bonds is 4. The summed E-state index contributed by atoms with van der Waals surface area (Å²) in [6.07, 6.45) is -3.01. The molecule has 0 saturated carbocycles. The molecule has 3 heterocycles. The number of nitrogens with zero attached hydrogens (tertiary/aromatic N) is 3. The van der Waals surface area contributed by atoms with Crippen LogP contribution in [0.15, 0.2) is 65.3 Å². The molecule has 2 aromatic carbocycles. The van der Waals surface area contributed by atoms with Gasteiger partial charge in [-0.25, -0.2) is 4.98 Å². The zero-order valence-corrected chi connectivity index (χ0v) is 15.8. The highest BCUT2D eigenvalue weighted by molar-refractivity contribution is 6.10. The third kappa shape index (κ3) is 3.41. The summed E-state index contributed by atoms with van der Waals surface area (Å²) in [4.78, 5) is 17.1. The average Bonchev–Trinajstić information content (AvgIpc) is 3.46. The largest absolute Gasteiger partial charge is 0.467 e. The summed E-state index contributed by atoms with van der Waals surface area (Å²) >= 11 is 0. The van der Waals surface area contributed by atoms with E-state index in [1.807, 2.05) is 6.07 Å². The van der Waals surface area contributed by atoms with Crippen molar-refractivity contribution in [3.8, 4) is 0 Å². The smallest absolute Gasteiger partial charge is 0.416 e. The summed E-state index contributed by atoms with van der Waals surface area (Å²) in [5.41, 5.74) is 0.545. The van der Waals surface area contributed by atoms with Crippen LogP contribution in [-0.2, 0) is 12.7 Å². The van der Waals surface area contributed by atoms with Gasteiger partial charge in [-0.3, -0.25) is 15.2 Å². The number of amides is 1. The normalized spacial score (nSPS) is 12.0. The van der Waals surface area contributed by atoms with Crippen molar-refractivity contribution in [2.75, 3.05) is 5.32 Å². The van der Waals surface area contributed by atoms with Gasteiger partial charge in [0.1, 0.15) is 5.76 Å². The van der Waals surface area contributed by atoms with Crippen LogP contribution in [0.3, 0.4) is 0 Å². The molecule has 0 atom stereocenters. The number of para-hydroxylation sites is 1. The van der Waals surface area contributed by atoms with Crippen molar-refractivity contribution in [1.82, 2.24) is 19.7 Å². The standard InChI is InChI=1S/C21H14F3N5O2/c22-21(23,24)12-7-8-17-16(10-12)25-20(29(17)11-13-4-3-9-31-13)26-19(30)18-14-5-1-2-6-15(14)27-28-18/h1-10H,11H2,(H,27,28)(H,25,26,30). The van der Waals surface area contributed by atoms with E-state index in [9.17, 15) is 18.0 Å². The van der Waals surface area contributed by atoms with E-state index in [2.05, 4.69) is 20.5 Å². The van der Waals surface area contributed by atoms with Gasteiger partial charge in [-0.15, -0.1) is 0 Å². The van der Waals surface area contributed by atoms with E-state index < -0.39 is 17.6 Å². The van der Waals surface area contributed by atoms with E-state index in [1.54, 1.807) is 34.9 Å². The van der Waals surface area contributed by atoms with Crippen LogP contribution >= 0.6 is 0 Å². The Bertz CT molecular complexity index is 1400. The number of imidazole rings is 1. The second kappa shape index (κ2) is 7.01. The molecule has 1 amide bonds. The average molecular weight is 425 g/mol. The van der Waals surface area contributed by atoms with Crippen LogP contribution in [0.1, 0.15) is 21.8 Å². The fourth-order valence-electron chi connectivity index (χ4n) is 3.42. The zero-order valence-electron chi connectivity index (χ0n) is 15.8. The topological polar surface area (TPSA) is 88.7 Å². The summed E-state index contributed by atoms with van der Waals surface area (Å²) < 4.78 is 46.4. The first-order valence-corrected chi connectivity index (χ1v) is 9.24. The van der Waals surface area contributed by atoms with Crippen molar-refractivity contribution in [3.63, 3.8) is 0 Å². The number of carbonyl (C=O) groups is 1. The number of hydrogen-bond acceptors (Lipinski definition) is 4. The molecule has 0 aliphatic heterocycles. The Morgan fingerprint density at radius 3 is 2.74 bits per heavy atom. The molecular weight excluding hydrogens is 411 g/mol. The van der Waals surface area contributed by atoms with Crippen LogP contribution in [0.25, 0.3) is 21.9 Å². The second-order valence-corrected chi connectivity index (χ2v) is 6.87. The lowest BCUT2D eigenvalue weighted by atomic mass is 10.2. The van der Waals surface area contributed by atoms with Crippen LogP contribution in [0.5, 0.6) is 0 Å². The number of hydrogen-bond donors (Lipinski definition) is 2. The Morgan fingerprint density at radius 1 is 1.13 bits per heavy atom. The summed E-state index contributed by atoms with van der Waals surface area (Å²) in [5.74, 6) is 0.104. The van der Waals surface area contributed by atoms with Gasteiger partial charge in [-0.05, 0) is 36.4 Å². The SMILES string of the molecule is O=C(Nc1nc2cc(C(F)(F)F)ccc2n1Cc1ccco1)c1n[nH]c2ccccc12. The molecule has 0 spiro atoms. The molecule has 2 N–H and O–H groups in total. The lowest BCUT2D eigenvalue weighted by Gasteiger charge is -2.09. The Labute approximate surface area is 172 Å². The number of H-pyrrole nitrogens is 1. The van der Waals surface area contributed by atoms with E-state index in [4.69, 9.17) is 4.42 Å². The highest BCUT2D eigenvalue weighted by Crippen LogP contribution is 2.32. The number of furan rings is 1. The third-order valence-electron chi connectivity index (χ3n) is 4.88. The number of alkyl halides is 3. The van der Waals surface area contributed by atoms with E-state index in [0.29, 0.717) is 22.2 Å². The van der Waals surface area contributed by atoms with Gasteiger partial charge in [0.15, 0.2) is 5.69 Å². The monoisotopic (exact) mass is 425 g/mol. The number of carbonyl (C=O) groups excluding carboxylic acids is 1. The lowest BCUT2D eigenvalue weighted by molar-refractivity contribution is -0.137. The number of benzene rings is 2. The van der Waals surface area contributed by atoms with Crippen molar-refractivity contribution in [1.29, 1.82) is 0 Å². The maximum absolute atomic E-state index is 13.1. The Balaban J connectivity index is 1.58. The van der Waals surface area contributed by atoms with Gasteiger partial charge >= 0.3 is 6.18 Å². The van der Waals surface area contributed by atoms with Gasteiger partial charge in [0, 0.05) is 5.39 Å². The number of aromatic amines is 1. The number of anilines is 1. The van der Waals surface area contributed by atoms with Crippen LogP contribution in [0.4, 0.5) is 19.1 Å². The van der Waals surface area contributed by atoms with Gasteiger partial charge in [-0.1, -0.05) is 18.2 Å². The molecule has 7 nitrogen and oxygen atoms in total. The molecule has 0 unspecified atom stereocenters. The van der Waals surface area contributed by atoms with Gasteiger partial charge < -0.3 is 8.98 Å². The molecular formula is C21H14F3N5O2. The molecule has 0 radical (unpaired) electrons. The van der Waals surface area contributed by atoms with Gasteiger partial charge in [0.2, 0.25) is 5.95 Å². The molecule has 3 aromatic heterocycles. The summed E-state index contributed by atoms with van der Waals surface area (Å²) in [5, 5.41) is 10.1. The molecule has 0 bridgehead atoms. The van der Waals surface area contributed by atoms with E-state index in [0.717, 1.165) is 12.1 Å². The van der Waals surface area contributed by atoms with Crippen molar-refractivity contribution >= 4 is 33.8 Å². The minimum absolute atomic E-state index is 0.0859. The highest BCUT2D eigenvalue weighted by atomic mass is 19.4. The van der Waals surface area contributed by atoms with Crippen LogP contribution < -0.4 is 5.32 Å². The van der Waals surface area contributed by atoms with E-state index in [1.165, 1.54) is 12.3 Å². The molecule has 5 aromatic rings. The lowest BCUT2D eigenvalue weighted by Crippen LogP contribution is -2.17. The quantitative estimate of drug-likeness (QED) is 0.432. The number of nitrogens with one attached hydrogen (secondary N) is 2. The first-order chi connectivity index (χ1) is 14.9. The molecule has 5 rings (SSSR count). The molecule has 0 aliphatic rings. The van der Waals surface area contributed by atoms with Crippen molar-refractivity contribution in [2.24, 2.45) is 0 Å². The molecule has 0 saturated heterocycles. The second-order valence-electron chi connectivity index (χ2n) is 6.87. The molecule has 0 fully saturated rings. The van der Waals surface area contributed by atoms with Crippen LogP contribution in [-0.4, -0.2) is 25.7 Å². The summed E-state index contributed by atoms with van der Waals surface area (Å²) in [7, 11) is 0. The Morgan fingerprint density at radius 2 is 1.97 bits per heavy atom. The van der Waals surface area contributed by atoms with E-state index >= 15 is 0 Å². The van der Waals surface area contributed by atoms with Crippen molar-refractivity contribution in [2.45, 2.75) is 12.7 Å². The summed E-state index contributed by atoms with van der Waals surface area (Å²) in [6.45, 7) is 0.172. The molecule has 0 aliphatic carbocycles. The minimum atomic E-state index is -4.50. The van der Waals surface area contributed by atoms with Crippen molar-refractivity contribution < 1.29 is 22.4 Å². The van der Waals surface area contributed by atoms with Crippen LogP contribution in [0.2, 0.25) is 0 Å². The third-order valence-corrected chi connectivity index (χ3v) is 4.88. The van der Waals surface area contributed by atoms with Gasteiger partial charge in [0.05, 0.1) is 34.9 Å². The first kappa shape index (κ1) is 18.9. The molecule has 156 valence electrons. The number of halogens is 3. The molecule has 31 heavy (non-hydrogen) atoms. The zero-order chi connectivity index (χ0) is 21.6. The van der Waals surface area contributed by atoms with Gasteiger partial charge in [-0.2, -0.15) is 18.3 Å². The minimum Gasteiger partial charge on any atom is -0.467 e. The molecule has 10 heteroatoms. The maximum Gasteiger partial charge on any atom is 0.416 e. The number of fused-ring (bicyclic) bond motifs is 2. The Hall–Kier alpha value is -4.08. The predicted molar refractivity (Wildman–Crippen MR) is 107 cm³/mol. The highest BCUT2D eigenvalue weighted by Gasteiger charge is 2.31. The Kier molecular flexibility index (Phi) is 4.28.